The first-order valence-electron chi connectivity index (χ1n) is 4.71. The van der Waals surface area contributed by atoms with Gasteiger partial charge in [-0.05, 0) is 30.6 Å². The van der Waals surface area contributed by atoms with Crippen molar-refractivity contribution >= 4 is 0 Å². The Kier molecular flexibility index (Phi) is 1.85. The average Bonchev–Trinajstić information content (AvgIpc) is 2.55. The minimum atomic E-state index is 0.778. The van der Waals surface area contributed by atoms with E-state index in [9.17, 15) is 0 Å². The van der Waals surface area contributed by atoms with Crippen molar-refractivity contribution in [1.82, 2.24) is 0 Å². The lowest BCUT2D eigenvalue weighted by molar-refractivity contribution is 0.453. The van der Waals surface area contributed by atoms with Gasteiger partial charge in [0.1, 0.15) is 0 Å². The van der Waals surface area contributed by atoms with Gasteiger partial charge in [0.15, 0.2) is 0 Å². The van der Waals surface area contributed by atoms with E-state index in [1.807, 2.05) is 0 Å². The number of hydrogen-bond donors (Lipinski definition) is 0. The minimum absolute atomic E-state index is 0.778. The summed E-state index contributed by atoms with van der Waals surface area (Å²) in [5.41, 5.74) is 0. The summed E-state index contributed by atoms with van der Waals surface area (Å²) in [6.07, 6.45) is 13.4. The van der Waals surface area contributed by atoms with Crippen LogP contribution in [0.1, 0.15) is 26.2 Å². The van der Waals surface area contributed by atoms with Gasteiger partial charge in [-0.25, -0.2) is 0 Å². The van der Waals surface area contributed by atoms with Crippen LogP contribution in [0.25, 0.3) is 0 Å². The molecule has 2 unspecified atom stereocenters. The molecule has 60 valence electrons. The third kappa shape index (κ3) is 1.40. The zero-order valence-corrected chi connectivity index (χ0v) is 7.16. The lowest BCUT2D eigenvalue weighted by Crippen LogP contribution is -2.04. The van der Waals surface area contributed by atoms with E-state index in [1.165, 1.54) is 19.3 Å². The van der Waals surface area contributed by atoms with E-state index in [2.05, 4.69) is 31.2 Å². The topological polar surface area (TPSA) is 0 Å². The van der Waals surface area contributed by atoms with Crippen molar-refractivity contribution in [1.29, 1.82) is 0 Å². The maximum absolute atomic E-state index is 2.38. The molecular weight excluding hydrogens is 132 g/mol. The highest BCUT2D eigenvalue weighted by Crippen LogP contribution is 2.37. The summed E-state index contributed by atoms with van der Waals surface area (Å²) in [6, 6.07) is 0. The fraction of sp³-hybridized carbons (Fsp3) is 0.636. The summed E-state index contributed by atoms with van der Waals surface area (Å²) >= 11 is 0. The van der Waals surface area contributed by atoms with E-state index in [1.54, 1.807) is 0 Å². The molecule has 1 saturated carbocycles. The van der Waals surface area contributed by atoms with Crippen LogP contribution in [0.5, 0.6) is 0 Å². The predicted molar refractivity (Wildman–Crippen MR) is 48.3 cm³/mol. The van der Waals surface area contributed by atoms with Crippen molar-refractivity contribution in [3.63, 3.8) is 0 Å². The molecule has 2 aliphatic carbocycles. The quantitative estimate of drug-likeness (QED) is 0.536. The Balaban J connectivity index is 1.96. The van der Waals surface area contributed by atoms with Gasteiger partial charge < -0.3 is 0 Å². The first kappa shape index (κ1) is 7.15. The Morgan fingerprint density at radius 3 is 2.36 bits per heavy atom. The molecule has 0 heterocycles. The summed E-state index contributed by atoms with van der Waals surface area (Å²) < 4.78 is 0. The molecule has 2 rings (SSSR count). The first-order valence-corrected chi connectivity index (χ1v) is 4.71. The molecule has 0 aromatic heterocycles. The first-order chi connectivity index (χ1) is 5.36. The maximum Gasteiger partial charge on any atom is -0.00189 e. The SMILES string of the molecule is CC1CCC(C2C=CC=C2)C1. The summed E-state index contributed by atoms with van der Waals surface area (Å²) in [7, 11) is 0. The molecule has 1 fully saturated rings. The number of rotatable bonds is 1. The Bertz CT molecular complexity index is 176. The molecule has 0 heteroatoms. The van der Waals surface area contributed by atoms with Gasteiger partial charge in [0.05, 0.1) is 0 Å². The Morgan fingerprint density at radius 2 is 1.82 bits per heavy atom. The van der Waals surface area contributed by atoms with E-state index in [-0.39, 0.29) is 0 Å². The predicted octanol–water partition coefficient (Wildman–Crippen LogP) is 3.16. The van der Waals surface area contributed by atoms with Crippen LogP contribution in [0.3, 0.4) is 0 Å². The molecule has 2 atom stereocenters. The van der Waals surface area contributed by atoms with Gasteiger partial charge >= 0.3 is 0 Å². The van der Waals surface area contributed by atoms with Crippen LogP contribution in [0.4, 0.5) is 0 Å². The van der Waals surface area contributed by atoms with Crippen molar-refractivity contribution in [2.45, 2.75) is 26.2 Å². The normalized spacial score (nSPS) is 37.2. The second-order valence-corrected chi connectivity index (χ2v) is 4.03. The molecule has 0 aliphatic heterocycles. The monoisotopic (exact) mass is 148 g/mol. The van der Waals surface area contributed by atoms with Crippen molar-refractivity contribution in [2.75, 3.05) is 0 Å². The molecule has 0 saturated heterocycles. The molecule has 0 aromatic rings. The molecule has 0 radical (unpaired) electrons. The lowest BCUT2D eigenvalue weighted by atomic mass is 9.91. The van der Waals surface area contributed by atoms with Crippen molar-refractivity contribution in [3.05, 3.63) is 24.3 Å². The van der Waals surface area contributed by atoms with Crippen LogP contribution >= 0.6 is 0 Å². The van der Waals surface area contributed by atoms with Gasteiger partial charge in [-0.1, -0.05) is 37.6 Å². The standard InChI is InChI=1S/C11H16/c1-9-6-7-11(8-9)10-4-2-3-5-10/h2-5,9-11H,6-8H2,1H3. The Hall–Kier alpha value is -0.520. The smallest absolute Gasteiger partial charge is 0.00189 e. The van der Waals surface area contributed by atoms with E-state index < -0.39 is 0 Å². The fourth-order valence-electron chi connectivity index (χ4n) is 2.36. The Labute approximate surface area is 69.0 Å². The van der Waals surface area contributed by atoms with E-state index >= 15 is 0 Å². The maximum atomic E-state index is 2.38. The molecule has 0 spiro atoms. The van der Waals surface area contributed by atoms with E-state index in [4.69, 9.17) is 0 Å². The van der Waals surface area contributed by atoms with Crippen LogP contribution < -0.4 is 0 Å². The molecule has 0 aromatic carbocycles. The highest BCUT2D eigenvalue weighted by atomic mass is 14.3. The summed E-state index contributed by atoms with van der Waals surface area (Å²) in [4.78, 5) is 0. The van der Waals surface area contributed by atoms with Crippen molar-refractivity contribution in [2.24, 2.45) is 17.8 Å². The van der Waals surface area contributed by atoms with Gasteiger partial charge in [-0.15, -0.1) is 0 Å². The molecule has 0 bridgehead atoms. The molecule has 0 nitrogen and oxygen atoms in total. The van der Waals surface area contributed by atoms with Crippen LogP contribution in [-0.4, -0.2) is 0 Å². The largest absolute Gasteiger partial charge is 0.0773 e. The zero-order chi connectivity index (χ0) is 7.68. The van der Waals surface area contributed by atoms with E-state index in [0.717, 1.165) is 17.8 Å². The summed E-state index contributed by atoms with van der Waals surface area (Å²) in [6.45, 7) is 2.38. The van der Waals surface area contributed by atoms with Gasteiger partial charge in [-0.3, -0.25) is 0 Å². The summed E-state index contributed by atoms with van der Waals surface area (Å²) in [5, 5.41) is 0. The van der Waals surface area contributed by atoms with Gasteiger partial charge in [0.2, 0.25) is 0 Å². The van der Waals surface area contributed by atoms with Crippen LogP contribution in [0.15, 0.2) is 24.3 Å². The van der Waals surface area contributed by atoms with Crippen LogP contribution in [0.2, 0.25) is 0 Å². The fourth-order valence-corrected chi connectivity index (χ4v) is 2.36. The second-order valence-electron chi connectivity index (χ2n) is 4.03. The third-order valence-electron chi connectivity index (χ3n) is 3.06. The third-order valence-corrected chi connectivity index (χ3v) is 3.06. The van der Waals surface area contributed by atoms with Gasteiger partial charge in [-0.2, -0.15) is 0 Å². The highest BCUT2D eigenvalue weighted by Gasteiger charge is 2.26. The molecule has 11 heavy (non-hydrogen) atoms. The molecular formula is C11H16. The van der Waals surface area contributed by atoms with Crippen LogP contribution in [-0.2, 0) is 0 Å². The molecule has 2 aliphatic rings. The minimum Gasteiger partial charge on any atom is -0.0773 e. The van der Waals surface area contributed by atoms with Gasteiger partial charge in [0.25, 0.3) is 0 Å². The zero-order valence-electron chi connectivity index (χ0n) is 7.16. The second kappa shape index (κ2) is 2.84. The van der Waals surface area contributed by atoms with Crippen molar-refractivity contribution in [3.8, 4) is 0 Å². The highest BCUT2D eigenvalue weighted by molar-refractivity contribution is 5.18. The van der Waals surface area contributed by atoms with Crippen LogP contribution in [0, 0.1) is 17.8 Å². The lowest BCUT2D eigenvalue weighted by Gasteiger charge is -2.13. The molecule has 0 amide bonds. The number of allylic oxidation sites excluding steroid dienone is 4. The Morgan fingerprint density at radius 1 is 1.09 bits per heavy atom. The van der Waals surface area contributed by atoms with Crippen molar-refractivity contribution < 1.29 is 0 Å². The van der Waals surface area contributed by atoms with Gasteiger partial charge in [0, 0.05) is 0 Å². The molecule has 0 N–H and O–H groups in total. The number of hydrogen-bond acceptors (Lipinski definition) is 0. The average molecular weight is 148 g/mol. The summed E-state index contributed by atoms with van der Waals surface area (Å²) in [5.74, 6) is 2.71. The van der Waals surface area contributed by atoms with E-state index in [0.29, 0.717) is 0 Å².